The topological polar surface area (TPSA) is 46.3 Å². The van der Waals surface area contributed by atoms with Crippen molar-refractivity contribution in [3.63, 3.8) is 0 Å². The molecule has 2 rings (SSSR count). The lowest BCUT2D eigenvalue weighted by atomic mass is 10.1. The maximum absolute atomic E-state index is 12.1. The minimum Gasteiger partial charge on any atom is -0.341 e. The number of rotatable bonds is 4. The molecule has 0 saturated heterocycles. The van der Waals surface area contributed by atoms with Crippen LogP contribution in [0.1, 0.15) is 18.4 Å². The second-order valence-electron chi connectivity index (χ2n) is 4.77. The Morgan fingerprint density at radius 2 is 2.00 bits per heavy atom. The van der Waals surface area contributed by atoms with E-state index in [4.69, 9.17) is 17.3 Å². The molecule has 0 heterocycles. The molecule has 1 fully saturated rings. The van der Waals surface area contributed by atoms with E-state index in [-0.39, 0.29) is 11.3 Å². The Balaban J connectivity index is 1.99. The first-order valence-corrected chi connectivity index (χ1v) is 6.15. The molecule has 3 nitrogen and oxygen atoms in total. The summed E-state index contributed by atoms with van der Waals surface area (Å²) in [4.78, 5) is 13.9. The van der Waals surface area contributed by atoms with Crippen molar-refractivity contribution in [1.29, 1.82) is 0 Å². The fourth-order valence-corrected chi connectivity index (χ4v) is 2.12. The van der Waals surface area contributed by atoms with Crippen molar-refractivity contribution >= 4 is 17.5 Å². The average molecular weight is 253 g/mol. The van der Waals surface area contributed by atoms with Gasteiger partial charge in [-0.05, 0) is 30.5 Å². The second-order valence-corrected chi connectivity index (χ2v) is 5.21. The van der Waals surface area contributed by atoms with Gasteiger partial charge in [0.1, 0.15) is 0 Å². The van der Waals surface area contributed by atoms with Crippen LogP contribution >= 0.6 is 11.6 Å². The molecule has 0 aliphatic heterocycles. The van der Waals surface area contributed by atoms with Crippen LogP contribution in [0, 0.1) is 5.41 Å². The van der Waals surface area contributed by atoms with E-state index in [0.717, 1.165) is 18.4 Å². The number of amides is 1. The van der Waals surface area contributed by atoms with Crippen molar-refractivity contribution < 1.29 is 4.79 Å². The Labute approximate surface area is 107 Å². The summed E-state index contributed by atoms with van der Waals surface area (Å²) in [5.41, 5.74) is 6.47. The van der Waals surface area contributed by atoms with Gasteiger partial charge in [-0.2, -0.15) is 0 Å². The molecule has 4 heteroatoms. The number of nitrogens with zero attached hydrogens (tertiary/aromatic N) is 1. The van der Waals surface area contributed by atoms with Gasteiger partial charge in [0, 0.05) is 25.2 Å². The largest absolute Gasteiger partial charge is 0.341 e. The quantitative estimate of drug-likeness (QED) is 0.891. The summed E-state index contributed by atoms with van der Waals surface area (Å²) < 4.78 is 0. The number of hydrogen-bond donors (Lipinski definition) is 1. The Hall–Kier alpha value is -1.06. The Morgan fingerprint density at radius 3 is 2.47 bits per heavy atom. The van der Waals surface area contributed by atoms with Gasteiger partial charge >= 0.3 is 0 Å². The summed E-state index contributed by atoms with van der Waals surface area (Å²) in [7, 11) is 1.83. The fraction of sp³-hybridized carbons (Fsp3) is 0.462. The van der Waals surface area contributed by atoms with Gasteiger partial charge in [-0.1, -0.05) is 23.7 Å². The summed E-state index contributed by atoms with van der Waals surface area (Å²) in [6.45, 7) is 1.06. The fourth-order valence-electron chi connectivity index (χ4n) is 2.00. The van der Waals surface area contributed by atoms with Gasteiger partial charge in [0.25, 0.3) is 0 Å². The zero-order chi connectivity index (χ0) is 12.5. The van der Waals surface area contributed by atoms with Crippen LogP contribution in [-0.2, 0) is 11.3 Å². The van der Waals surface area contributed by atoms with E-state index in [1.807, 2.05) is 31.3 Å². The number of carbonyl (C=O) groups excluding carboxylic acids is 1. The smallest absolute Gasteiger partial charge is 0.230 e. The first-order valence-electron chi connectivity index (χ1n) is 5.77. The van der Waals surface area contributed by atoms with Gasteiger partial charge in [0.2, 0.25) is 5.91 Å². The third-order valence-corrected chi connectivity index (χ3v) is 3.63. The molecule has 1 aliphatic carbocycles. The zero-order valence-corrected chi connectivity index (χ0v) is 10.7. The molecule has 1 aromatic rings. The molecule has 2 N–H and O–H groups in total. The monoisotopic (exact) mass is 252 g/mol. The molecular formula is C13H17ClN2O. The van der Waals surface area contributed by atoms with Crippen molar-refractivity contribution in [2.45, 2.75) is 19.4 Å². The SMILES string of the molecule is CN(Cc1ccc(Cl)cc1)C(=O)C1(CN)CC1. The highest BCUT2D eigenvalue weighted by Crippen LogP contribution is 2.46. The van der Waals surface area contributed by atoms with E-state index in [1.54, 1.807) is 4.90 Å². The van der Waals surface area contributed by atoms with Gasteiger partial charge in [0.15, 0.2) is 0 Å². The van der Waals surface area contributed by atoms with Crippen LogP contribution in [0.2, 0.25) is 5.02 Å². The maximum atomic E-state index is 12.1. The zero-order valence-electron chi connectivity index (χ0n) is 9.95. The lowest BCUT2D eigenvalue weighted by Gasteiger charge is -2.22. The second kappa shape index (κ2) is 4.67. The first kappa shape index (κ1) is 12.4. The average Bonchev–Trinajstić information content (AvgIpc) is 3.12. The highest BCUT2D eigenvalue weighted by Gasteiger charge is 2.49. The summed E-state index contributed by atoms with van der Waals surface area (Å²) >= 11 is 5.82. The molecule has 0 spiro atoms. The van der Waals surface area contributed by atoms with Crippen molar-refractivity contribution in [2.75, 3.05) is 13.6 Å². The van der Waals surface area contributed by atoms with Crippen LogP contribution in [-0.4, -0.2) is 24.4 Å². The molecular weight excluding hydrogens is 236 g/mol. The van der Waals surface area contributed by atoms with Crippen molar-refractivity contribution in [3.05, 3.63) is 34.9 Å². The van der Waals surface area contributed by atoms with Crippen LogP contribution in [0.5, 0.6) is 0 Å². The van der Waals surface area contributed by atoms with E-state index >= 15 is 0 Å². The van der Waals surface area contributed by atoms with E-state index in [1.165, 1.54) is 0 Å². The minimum atomic E-state index is -0.263. The Morgan fingerprint density at radius 1 is 1.41 bits per heavy atom. The number of carbonyl (C=O) groups is 1. The molecule has 0 unspecified atom stereocenters. The van der Waals surface area contributed by atoms with Gasteiger partial charge in [-0.3, -0.25) is 4.79 Å². The minimum absolute atomic E-state index is 0.162. The Bertz CT molecular complexity index is 412. The predicted molar refractivity (Wildman–Crippen MR) is 68.6 cm³/mol. The number of halogens is 1. The van der Waals surface area contributed by atoms with Crippen molar-refractivity contribution in [3.8, 4) is 0 Å². The molecule has 1 saturated carbocycles. The number of nitrogens with two attached hydrogens (primary N) is 1. The van der Waals surface area contributed by atoms with Crippen LogP contribution in [0.4, 0.5) is 0 Å². The summed E-state index contributed by atoms with van der Waals surface area (Å²) in [6.07, 6.45) is 1.85. The molecule has 0 atom stereocenters. The van der Waals surface area contributed by atoms with Gasteiger partial charge in [0.05, 0.1) is 5.41 Å². The maximum Gasteiger partial charge on any atom is 0.230 e. The van der Waals surface area contributed by atoms with Crippen molar-refractivity contribution in [1.82, 2.24) is 4.90 Å². The standard InChI is InChI=1S/C13H17ClN2O/c1-16(12(17)13(9-15)6-7-13)8-10-2-4-11(14)5-3-10/h2-5H,6-9,15H2,1H3. The summed E-state index contributed by atoms with van der Waals surface area (Å²) in [6, 6.07) is 7.55. The van der Waals surface area contributed by atoms with Crippen LogP contribution in [0.25, 0.3) is 0 Å². The first-order chi connectivity index (χ1) is 8.07. The molecule has 0 bridgehead atoms. The molecule has 1 amide bonds. The Kier molecular flexibility index (Phi) is 3.40. The number of benzene rings is 1. The molecule has 1 aromatic carbocycles. The summed E-state index contributed by atoms with van der Waals surface area (Å²) in [5, 5.41) is 0.711. The highest BCUT2D eigenvalue weighted by molar-refractivity contribution is 6.30. The molecule has 0 aromatic heterocycles. The molecule has 92 valence electrons. The number of hydrogen-bond acceptors (Lipinski definition) is 2. The van der Waals surface area contributed by atoms with E-state index in [2.05, 4.69) is 0 Å². The van der Waals surface area contributed by atoms with Crippen LogP contribution in [0.15, 0.2) is 24.3 Å². The third-order valence-electron chi connectivity index (χ3n) is 3.38. The van der Waals surface area contributed by atoms with Crippen LogP contribution in [0.3, 0.4) is 0 Å². The van der Waals surface area contributed by atoms with E-state index < -0.39 is 0 Å². The third kappa shape index (κ3) is 2.61. The molecule has 0 radical (unpaired) electrons. The van der Waals surface area contributed by atoms with E-state index in [0.29, 0.717) is 18.1 Å². The highest BCUT2D eigenvalue weighted by atomic mass is 35.5. The molecule has 17 heavy (non-hydrogen) atoms. The van der Waals surface area contributed by atoms with Gasteiger partial charge in [-0.15, -0.1) is 0 Å². The van der Waals surface area contributed by atoms with Crippen molar-refractivity contribution in [2.24, 2.45) is 11.1 Å². The lowest BCUT2D eigenvalue weighted by Crippen LogP contribution is -2.37. The van der Waals surface area contributed by atoms with E-state index in [9.17, 15) is 4.79 Å². The lowest BCUT2D eigenvalue weighted by molar-refractivity contribution is -0.135. The normalized spacial score (nSPS) is 16.6. The summed E-state index contributed by atoms with van der Waals surface area (Å²) in [5.74, 6) is 0.162. The van der Waals surface area contributed by atoms with Crippen LogP contribution < -0.4 is 5.73 Å². The molecule has 1 aliphatic rings. The predicted octanol–water partition coefficient (Wildman–Crippen LogP) is 2.04. The van der Waals surface area contributed by atoms with Gasteiger partial charge < -0.3 is 10.6 Å². The van der Waals surface area contributed by atoms with Gasteiger partial charge in [-0.25, -0.2) is 0 Å².